The van der Waals surface area contributed by atoms with Gasteiger partial charge in [-0.2, -0.15) is 0 Å². The van der Waals surface area contributed by atoms with Gasteiger partial charge in [0.25, 0.3) is 0 Å². The van der Waals surface area contributed by atoms with Crippen molar-refractivity contribution in [2.75, 3.05) is 0 Å². The zero-order valence-electron chi connectivity index (χ0n) is 24.8. The Hall–Kier alpha value is 0. The van der Waals surface area contributed by atoms with Gasteiger partial charge in [-0.1, -0.05) is 213 Å². The van der Waals surface area contributed by atoms with Crippen LogP contribution in [0.5, 0.6) is 0 Å². The molecule has 0 aromatic heterocycles. The molecule has 1 unspecified atom stereocenters. The van der Waals surface area contributed by atoms with E-state index in [2.05, 4.69) is 20.8 Å². The molecule has 34 heavy (non-hydrogen) atoms. The highest BCUT2D eigenvalue weighted by molar-refractivity contribution is 4.62. The van der Waals surface area contributed by atoms with E-state index in [1.165, 1.54) is 193 Å². The molecule has 0 saturated heterocycles. The van der Waals surface area contributed by atoms with Crippen molar-refractivity contribution in [3.8, 4) is 0 Å². The van der Waals surface area contributed by atoms with E-state index in [9.17, 15) is 0 Å². The Morgan fingerprint density at radius 2 is 0.412 bits per heavy atom. The van der Waals surface area contributed by atoms with Crippen molar-refractivity contribution in [1.82, 2.24) is 0 Å². The lowest BCUT2D eigenvalue weighted by molar-refractivity contribution is 0.365. The second kappa shape index (κ2) is 31.0. The first-order valence-electron chi connectivity index (χ1n) is 16.8. The van der Waals surface area contributed by atoms with E-state index >= 15 is 0 Å². The SMILES string of the molecule is CCCCCCCCCCCCCCC(CCCCCCC)CCCCCCCCCCCC. The van der Waals surface area contributed by atoms with Crippen LogP contribution in [0.15, 0.2) is 0 Å². The van der Waals surface area contributed by atoms with Gasteiger partial charge in [0.2, 0.25) is 0 Å². The van der Waals surface area contributed by atoms with E-state index in [4.69, 9.17) is 0 Å². The molecular formula is C34H70. The summed E-state index contributed by atoms with van der Waals surface area (Å²) in [6.07, 6.45) is 44.3. The molecule has 0 radical (unpaired) electrons. The molecule has 0 aliphatic rings. The highest BCUT2D eigenvalue weighted by Crippen LogP contribution is 2.25. The van der Waals surface area contributed by atoms with Crippen molar-refractivity contribution in [2.24, 2.45) is 5.92 Å². The van der Waals surface area contributed by atoms with Crippen molar-refractivity contribution in [3.05, 3.63) is 0 Å². The molecule has 0 spiro atoms. The van der Waals surface area contributed by atoms with Gasteiger partial charge in [0.1, 0.15) is 0 Å². The van der Waals surface area contributed by atoms with Gasteiger partial charge < -0.3 is 0 Å². The Bertz CT molecular complexity index is 333. The lowest BCUT2D eigenvalue weighted by Crippen LogP contribution is -2.01. The van der Waals surface area contributed by atoms with Crippen LogP contribution >= 0.6 is 0 Å². The van der Waals surface area contributed by atoms with Gasteiger partial charge in [-0.15, -0.1) is 0 Å². The fourth-order valence-corrected chi connectivity index (χ4v) is 5.66. The van der Waals surface area contributed by atoms with Crippen LogP contribution in [0.2, 0.25) is 0 Å². The molecule has 206 valence electrons. The Labute approximate surface area is 219 Å². The summed E-state index contributed by atoms with van der Waals surface area (Å²) in [5, 5.41) is 0. The molecule has 0 bridgehead atoms. The average Bonchev–Trinajstić information content (AvgIpc) is 2.85. The Morgan fingerprint density at radius 1 is 0.235 bits per heavy atom. The first kappa shape index (κ1) is 34.0. The largest absolute Gasteiger partial charge is 0.0654 e. The number of unbranched alkanes of at least 4 members (excludes halogenated alkanes) is 24. The molecule has 0 rings (SSSR count). The molecule has 0 saturated carbocycles. The second-order valence-corrected chi connectivity index (χ2v) is 11.7. The van der Waals surface area contributed by atoms with Crippen LogP contribution in [0.25, 0.3) is 0 Å². The minimum absolute atomic E-state index is 1.04. The van der Waals surface area contributed by atoms with E-state index in [1.807, 2.05) is 0 Å². The van der Waals surface area contributed by atoms with Crippen LogP contribution in [0.1, 0.15) is 213 Å². The summed E-state index contributed by atoms with van der Waals surface area (Å²) in [5.41, 5.74) is 0. The molecule has 0 heterocycles. The van der Waals surface area contributed by atoms with E-state index in [0.29, 0.717) is 0 Å². The Kier molecular flexibility index (Phi) is 31.0. The van der Waals surface area contributed by atoms with E-state index < -0.39 is 0 Å². The molecule has 0 aromatic rings. The smallest absolute Gasteiger partial charge is 0.0414 e. The molecule has 0 N–H and O–H groups in total. The third-order valence-electron chi connectivity index (χ3n) is 8.15. The van der Waals surface area contributed by atoms with Gasteiger partial charge in [0.15, 0.2) is 0 Å². The maximum atomic E-state index is 2.33. The number of rotatable bonds is 30. The Balaban J connectivity index is 3.72. The van der Waals surface area contributed by atoms with Crippen LogP contribution in [-0.4, -0.2) is 0 Å². The van der Waals surface area contributed by atoms with Gasteiger partial charge in [-0.3, -0.25) is 0 Å². The van der Waals surface area contributed by atoms with Gasteiger partial charge in [-0.05, 0) is 5.92 Å². The monoisotopic (exact) mass is 479 g/mol. The summed E-state index contributed by atoms with van der Waals surface area (Å²) in [7, 11) is 0. The molecule has 0 fully saturated rings. The fraction of sp³-hybridized carbons (Fsp3) is 1.00. The standard InChI is InChI=1S/C34H70/c1-4-7-10-13-15-17-19-20-22-24-27-30-33-34(31-28-25-12-9-6-3)32-29-26-23-21-18-16-14-11-8-5-2/h34H,4-33H2,1-3H3. The topological polar surface area (TPSA) is 0 Å². The van der Waals surface area contributed by atoms with E-state index in [1.54, 1.807) is 0 Å². The fourth-order valence-electron chi connectivity index (χ4n) is 5.66. The average molecular weight is 479 g/mol. The molecule has 0 amide bonds. The third kappa shape index (κ3) is 28.2. The van der Waals surface area contributed by atoms with Gasteiger partial charge >= 0.3 is 0 Å². The first-order valence-corrected chi connectivity index (χ1v) is 16.8. The zero-order chi connectivity index (χ0) is 24.8. The van der Waals surface area contributed by atoms with Crippen LogP contribution in [0.3, 0.4) is 0 Å². The summed E-state index contributed by atoms with van der Waals surface area (Å²) >= 11 is 0. The van der Waals surface area contributed by atoms with Crippen molar-refractivity contribution >= 4 is 0 Å². The quantitative estimate of drug-likeness (QED) is 0.0900. The summed E-state index contributed by atoms with van der Waals surface area (Å²) in [5.74, 6) is 1.04. The molecule has 0 aromatic carbocycles. The molecule has 0 aliphatic carbocycles. The highest BCUT2D eigenvalue weighted by Gasteiger charge is 2.08. The van der Waals surface area contributed by atoms with Crippen LogP contribution in [0, 0.1) is 5.92 Å². The summed E-state index contributed by atoms with van der Waals surface area (Å²) < 4.78 is 0. The van der Waals surface area contributed by atoms with Gasteiger partial charge in [0, 0.05) is 0 Å². The predicted molar refractivity (Wildman–Crippen MR) is 159 cm³/mol. The summed E-state index contributed by atoms with van der Waals surface area (Å²) in [4.78, 5) is 0. The third-order valence-corrected chi connectivity index (χ3v) is 8.15. The maximum Gasteiger partial charge on any atom is -0.0414 e. The van der Waals surface area contributed by atoms with E-state index in [-0.39, 0.29) is 0 Å². The maximum absolute atomic E-state index is 2.33. The van der Waals surface area contributed by atoms with E-state index in [0.717, 1.165) is 5.92 Å². The van der Waals surface area contributed by atoms with Crippen LogP contribution in [-0.2, 0) is 0 Å². The molecule has 1 atom stereocenters. The lowest BCUT2D eigenvalue weighted by atomic mass is 9.89. The normalized spacial score (nSPS) is 12.4. The highest BCUT2D eigenvalue weighted by atomic mass is 14.1. The van der Waals surface area contributed by atoms with Gasteiger partial charge in [0.05, 0.1) is 0 Å². The predicted octanol–water partition coefficient (Wildman–Crippen LogP) is 13.4. The second-order valence-electron chi connectivity index (χ2n) is 11.7. The van der Waals surface area contributed by atoms with Crippen molar-refractivity contribution in [2.45, 2.75) is 213 Å². The Morgan fingerprint density at radius 3 is 0.618 bits per heavy atom. The van der Waals surface area contributed by atoms with Crippen molar-refractivity contribution in [1.29, 1.82) is 0 Å². The van der Waals surface area contributed by atoms with Crippen LogP contribution < -0.4 is 0 Å². The van der Waals surface area contributed by atoms with Crippen molar-refractivity contribution in [3.63, 3.8) is 0 Å². The summed E-state index contributed by atoms with van der Waals surface area (Å²) in [6, 6.07) is 0. The number of hydrogen-bond acceptors (Lipinski definition) is 0. The molecule has 0 nitrogen and oxygen atoms in total. The van der Waals surface area contributed by atoms with Gasteiger partial charge in [-0.25, -0.2) is 0 Å². The first-order chi connectivity index (χ1) is 16.8. The zero-order valence-corrected chi connectivity index (χ0v) is 24.8. The summed E-state index contributed by atoms with van der Waals surface area (Å²) in [6.45, 7) is 6.96. The molecular weight excluding hydrogens is 408 g/mol. The molecule has 0 heteroatoms. The molecule has 0 aliphatic heterocycles. The van der Waals surface area contributed by atoms with Crippen LogP contribution in [0.4, 0.5) is 0 Å². The number of hydrogen-bond donors (Lipinski definition) is 0. The lowest BCUT2D eigenvalue weighted by Gasteiger charge is -2.17. The van der Waals surface area contributed by atoms with Crippen molar-refractivity contribution < 1.29 is 0 Å². The minimum atomic E-state index is 1.04. The minimum Gasteiger partial charge on any atom is -0.0654 e.